The predicted molar refractivity (Wildman–Crippen MR) is 75.2 cm³/mol. The Kier molecular flexibility index (Phi) is 3.73. The molecule has 1 unspecified atom stereocenters. The zero-order chi connectivity index (χ0) is 13.9. The summed E-state index contributed by atoms with van der Waals surface area (Å²) in [4.78, 5) is 0. The molecule has 2 aromatic rings. The van der Waals surface area contributed by atoms with Gasteiger partial charge in [-0.2, -0.15) is 8.42 Å². The van der Waals surface area contributed by atoms with Crippen molar-refractivity contribution in [3.63, 3.8) is 0 Å². The molecule has 0 saturated heterocycles. The van der Waals surface area contributed by atoms with E-state index in [1.165, 1.54) is 0 Å². The van der Waals surface area contributed by atoms with E-state index in [-0.39, 0.29) is 0 Å². The number of nitrogen functional groups attached to an aromatic ring is 1. The molecular formula is C13H14N2O3S. The molecule has 1 atom stereocenters. The zero-order valence-electron chi connectivity index (χ0n) is 10.0. The van der Waals surface area contributed by atoms with Gasteiger partial charge in [0.05, 0.1) is 0 Å². The molecule has 0 aliphatic carbocycles. The molecule has 0 spiro atoms. The molecule has 0 heterocycles. The summed E-state index contributed by atoms with van der Waals surface area (Å²) in [6.07, 6.45) is 0. The quantitative estimate of drug-likeness (QED) is 0.589. The lowest BCUT2D eigenvalue weighted by atomic mass is 10.2. The second kappa shape index (κ2) is 5.29. The third-order valence-corrected chi connectivity index (χ3v) is 3.57. The van der Waals surface area contributed by atoms with Crippen LogP contribution in [-0.4, -0.2) is 13.0 Å². The highest BCUT2D eigenvalue weighted by Crippen LogP contribution is 2.24. The maximum absolute atomic E-state index is 11.5. The fraction of sp³-hybridized carbons (Fsp3) is 0.0769. The summed E-state index contributed by atoms with van der Waals surface area (Å²) in [5.41, 5.74) is 7.11. The summed E-state index contributed by atoms with van der Waals surface area (Å²) in [6, 6.07) is 15.1. The number of hydrogen-bond donors (Lipinski definition) is 3. The fourth-order valence-electron chi connectivity index (χ4n) is 1.74. The van der Waals surface area contributed by atoms with Crippen LogP contribution in [0.5, 0.6) is 0 Å². The molecule has 0 aliphatic heterocycles. The lowest BCUT2D eigenvalue weighted by Gasteiger charge is -2.17. The summed E-state index contributed by atoms with van der Waals surface area (Å²) >= 11 is 0. The summed E-state index contributed by atoms with van der Waals surface area (Å²) in [6.45, 7) is 0. The van der Waals surface area contributed by atoms with E-state index in [1.54, 1.807) is 54.6 Å². The number of nitrogens with one attached hydrogen (secondary N) is 1. The van der Waals surface area contributed by atoms with E-state index in [0.29, 0.717) is 16.9 Å². The van der Waals surface area contributed by atoms with Gasteiger partial charge in [-0.25, -0.2) is 0 Å². The van der Waals surface area contributed by atoms with Gasteiger partial charge in [-0.1, -0.05) is 36.4 Å². The highest BCUT2D eigenvalue weighted by molar-refractivity contribution is 7.86. The standard InChI is InChI=1S/C13H14N2O3S/c14-11-7-4-8-12(9-11)15-13(19(16,17)18)10-5-2-1-3-6-10/h1-9,13,15H,14H2,(H,16,17,18). The van der Waals surface area contributed by atoms with Gasteiger partial charge in [-0.3, -0.25) is 4.55 Å². The van der Waals surface area contributed by atoms with E-state index >= 15 is 0 Å². The highest BCUT2D eigenvalue weighted by atomic mass is 32.2. The topological polar surface area (TPSA) is 92.4 Å². The Morgan fingerprint density at radius 1 is 1.05 bits per heavy atom. The fourth-order valence-corrected chi connectivity index (χ4v) is 2.52. The van der Waals surface area contributed by atoms with Crippen molar-refractivity contribution in [1.82, 2.24) is 0 Å². The molecule has 0 aliphatic rings. The van der Waals surface area contributed by atoms with Crippen LogP contribution in [0.2, 0.25) is 0 Å². The van der Waals surface area contributed by atoms with Gasteiger partial charge in [-0.15, -0.1) is 0 Å². The third kappa shape index (κ3) is 3.46. The Bertz CT molecular complexity index is 657. The Labute approximate surface area is 111 Å². The van der Waals surface area contributed by atoms with Crippen molar-refractivity contribution in [1.29, 1.82) is 0 Å². The SMILES string of the molecule is Nc1cccc(NC(c2ccccc2)S(=O)(=O)O)c1. The first-order valence-electron chi connectivity index (χ1n) is 5.60. The van der Waals surface area contributed by atoms with E-state index in [0.717, 1.165) is 0 Å². The average Bonchev–Trinajstić information content (AvgIpc) is 2.36. The van der Waals surface area contributed by atoms with Crippen LogP contribution in [0, 0.1) is 0 Å². The molecule has 0 radical (unpaired) electrons. The van der Waals surface area contributed by atoms with E-state index < -0.39 is 15.5 Å². The van der Waals surface area contributed by atoms with Crippen LogP contribution in [0.15, 0.2) is 54.6 Å². The Morgan fingerprint density at radius 3 is 2.32 bits per heavy atom. The molecule has 100 valence electrons. The van der Waals surface area contributed by atoms with E-state index in [1.807, 2.05) is 0 Å². The number of anilines is 2. The molecule has 6 heteroatoms. The van der Waals surface area contributed by atoms with Crippen molar-refractivity contribution < 1.29 is 13.0 Å². The normalized spacial score (nSPS) is 12.9. The number of rotatable bonds is 4. The van der Waals surface area contributed by atoms with Crippen LogP contribution in [0.4, 0.5) is 11.4 Å². The molecular weight excluding hydrogens is 264 g/mol. The van der Waals surface area contributed by atoms with Gasteiger partial charge < -0.3 is 11.1 Å². The first-order chi connectivity index (χ1) is 8.97. The van der Waals surface area contributed by atoms with Crippen LogP contribution in [0.1, 0.15) is 10.9 Å². The maximum Gasteiger partial charge on any atom is 0.290 e. The first kappa shape index (κ1) is 13.4. The molecule has 0 amide bonds. The summed E-state index contributed by atoms with van der Waals surface area (Å²) in [7, 11) is -4.28. The van der Waals surface area contributed by atoms with Crippen LogP contribution >= 0.6 is 0 Å². The van der Waals surface area contributed by atoms with Gasteiger partial charge in [-0.05, 0) is 23.8 Å². The number of hydrogen-bond acceptors (Lipinski definition) is 4. The van der Waals surface area contributed by atoms with Crippen LogP contribution in [0.25, 0.3) is 0 Å². The van der Waals surface area contributed by atoms with E-state index in [4.69, 9.17) is 5.73 Å². The second-order valence-electron chi connectivity index (χ2n) is 4.08. The van der Waals surface area contributed by atoms with Crippen LogP contribution < -0.4 is 11.1 Å². The molecule has 5 nitrogen and oxygen atoms in total. The number of benzene rings is 2. The largest absolute Gasteiger partial charge is 0.399 e. The molecule has 2 aromatic carbocycles. The molecule has 0 bridgehead atoms. The smallest absolute Gasteiger partial charge is 0.290 e. The Hall–Kier alpha value is -2.05. The molecule has 0 aromatic heterocycles. The second-order valence-corrected chi connectivity index (χ2v) is 5.58. The van der Waals surface area contributed by atoms with Gasteiger partial charge >= 0.3 is 0 Å². The monoisotopic (exact) mass is 278 g/mol. The van der Waals surface area contributed by atoms with E-state index in [9.17, 15) is 13.0 Å². The third-order valence-electron chi connectivity index (χ3n) is 2.58. The average molecular weight is 278 g/mol. The van der Waals surface area contributed by atoms with Crippen molar-refractivity contribution in [2.75, 3.05) is 11.1 Å². The van der Waals surface area contributed by atoms with Crippen LogP contribution in [0.3, 0.4) is 0 Å². The first-order valence-corrected chi connectivity index (χ1v) is 7.10. The van der Waals surface area contributed by atoms with E-state index in [2.05, 4.69) is 5.32 Å². The summed E-state index contributed by atoms with van der Waals surface area (Å²) in [5.74, 6) is 0. The minimum Gasteiger partial charge on any atom is -0.399 e. The predicted octanol–water partition coefficient (Wildman–Crippen LogP) is 2.27. The minimum atomic E-state index is -4.28. The highest BCUT2D eigenvalue weighted by Gasteiger charge is 2.24. The van der Waals surface area contributed by atoms with Crippen molar-refractivity contribution in [3.8, 4) is 0 Å². The molecule has 0 fully saturated rings. The van der Waals surface area contributed by atoms with Gasteiger partial charge in [0.1, 0.15) is 0 Å². The van der Waals surface area contributed by atoms with Crippen molar-refractivity contribution in [3.05, 3.63) is 60.2 Å². The molecule has 19 heavy (non-hydrogen) atoms. The van der Waals surface area contributed by atoms with Crippen molar-refractivity contribution in [2.45, 2.75) is 5.37 Å². The zero-order valence-corrected chi connectivity index (χ0v) is 10.8. The Balaban J connectivity index is 2.36. The van der Waals surface area contributed by atoms with Crippen molar-refractivity contribution >= 4 is 21.5 Å². The van der Waals surface area contributed by atoms with Crippen LogP contribution in [-0.2, 0) is 10.1 Å². The van der Waals surface area contributed by atoms with Crippen molar-refractivity contribution in [2.24, 2.45) is 0 Å². The molecule has 2 rings (SSSR count). The van der Waals surface area contributed by atoms with Gasteiger partial charge in [0.25, 0.3) is 10.1 Å². The summed E-state index contributed by atoms with van der Waals surface area (Å²) in [5, 5.41) is 1.53. The summed E-state index contributed by atoms with van der Waals surface area (Å²) < 4.78 is 32.3. The lowest BCUT2D eigenvalue weighted by Crippen LogP contribution is -2.20. The van der Waals surface area contributed by atoms with Gasteiger partial charge in [0.2, 0.25) is 0 Å². The maximum atomic E-state index is 11.5. The Morgan fingerprint density at radius 2 is 1.74 bits per heavy atom. The van der Waals surface area contributed by atoms with Gasteiger partial charge in [0, 0.05) is 11.4 Å². The lowest BCUT2D eigenvalue weighted by molar-refractivity contribution is 0.473. The minimum absolute atomic E-state index is 0.451. The molecule has 0 saturated carbocycles. The molecule has 4 N–H and O–H groups in total. The number of nitrogens with two attached hydrogens (primary N) is 1. The van der Waals surface area contributed by atoms with Gasteiger partial charge in [0.15, 0.2) is 5.37 Å².